The van der Waals surface area contributed by atoms with Crippen LogP contribution in [0.3, 0.4) is 0 Å². The van der Waals surface area contributed by atoms with Crippen molar-refractivity contribution in [3.05, 3.63) is 0 Å². The molecule has 4 nitrogen and oxygen atoms in total. The molecule has 0 aromatic rings. The first kappa shape index (κ1) is 9.93. The Morgan fingerprint density at radius 3 is 3.07 bits per heavy atom. The van der Waals surface area contributed by atoms with Crippen molar-refractivity contribution >= 4 is 5.91 Å². The van der Waals surface area contributed by atoms with Crippen molar-refractivity contribution in [3.8, 4) is 0 Å². The van der Waals surface area contributed by atoms with E-state index in [0.717, 1.165) is 39.1 Å². The molecule has 0 aliphatic carbocycles. The molecule has 0 bridgehead atoms. The van der Waals surface area contributed by atoms with Crippen molar-refractivity contribution in [3.63, 3.8) is 0 Å². The Hall–Kier alpha value is -0.610. The molecule has 2 aliphatic heterocycles. The highest BCUT2D eigenvalue weighted by atomic mass is 16.5. The second kappa shape index (κ2) is 4.28. The van der Waals surface area contributed by atoms with Gasteiger partial charge in [-0.05, 0) is 19.4 Å². The number of likely N-dealkylation sites (tertiary alicyclic amines) is 1. The first-order chi connectivity index (χ1) is 6.83. The lowest BCUT2D eigenvalue weighted by Crippen LogP contribution is -2.43. The number of carbonyl (C=O) groups is 1. The van der Waals surface area contributed by atoms with E-state index in [1.807, 2.05) is 11.8 Å². The van der Waals surface area contributed by atoms with Gasteiger partial charge in [0.15, 0.2) is 0 Å². The van der Waals surface area contributed by atoms with Gasteiger partial charge in [0.05, 0.1) is 18.7 Å². The van der Waals surface area contributed by atoms with E-state index in [1.165, 1.54) is 0 Å². The highest BCUT2D eigenvalue weighted by Gasteiger charge is 2.36. The van der Waals surface area contributed by atoms with Crippen molar-refractivity contribution in [2.75, 3.05) is 26.3 Å². The van der Waals surface area contributed by atoms with Crippen LogP contribution in [-0.2, 0) is 9.53 Å². The molecule has 2 unspecified atom stereocenters. The highest BCUT2D eigenvalue weighted by molar-refractivity contribution is 5.84. The summed E-state index contributed by atoms with van der Waals surface area (Å²) in [6.45, 7) is 5.33. The predicted molar refractivity (Wildman–Crippen MR) is 53.0 cm³/mol. The second-order valence-corrected chi connectivity index (χ2v) is 3.95. The monoisotopic (exact) mass is 198 g/mol. The molecular weight excluding hydrogens is 180 g/mol. The molecule has 0 spiro atoms. The normalized spacial score (nSPS) is 32.9. The summed E-state index contributed by atoms with van der Waals surface area (Å²) in [5.74, 6) is 0.266. The zero-order chi connectivity index (χ0) is 9.97. The number of carbonyl (C=O) groups excluding carboxylic acids is 1. The Kier molecular flexibility index (Phi) is 3.03. The highest BCUT2D eigenvalue weighted by Crippen LogP contribution is 2.19. The molecule has 1 amide bonds. The number of ether oxygens (including phenoxy) is 1. The first-order valence-electron chi connectivity index (χ1n) is 5.44. The van der Waals surface area contributed by atoms with E-state index in [1.54, 1.807) is 0 Å². The maximum atomic E-state index is 11.9. The molecule has 0 radical (unpaired) electrons. The van der Waals surface area contributed by atoms with E-state index >= 15 is 0 Å². The number of rotatable bonds is 3. The summed E-state index contributed by atoms with van der Waals surface area (Å²) in [5, 5.41) is 3.22. The summed E-state index contributed by atoms with van der Waals surface area (Å²) >= 11 is 0. The Morgan fingerprint density at radius 2 is 2.43 bits per heavy atom. The summed E-state index contributed by atoms with van der Waals surface area (Å²) in [5.41, 5.74) is 0. The van der Waals surface area contributed by atoms with E-state index in [9.17, 15) is 4.79 Å². The van der Waals surface area contributed by atoms with Gasteiger partial charge in [-0.2, -0.15) is 0 Å². The minimum Gasteiger partial charge on any atom is -0.379 e. The lowest BCUT2D eigenvalue weighted by atomic mass is 10.2. The van der Waals surface area contributed by atoms with Crippen LogP contribution >= 0.6 is 0 Å². The van der Waals surface area contributed by atoms with Crippen molar-refractivity contribution < 1.29 is 9.53 Å². The number of likely N-dealkylation sites (N-methyl/N-ethyl adjacent to an activating group) is 1. The molecule has 2 heterocycles. The van der Waals surface area contributed by atoms with Crippen LogP contribution in [0.5, 0.6) is 0 Å². The molecule has 2 aliphatic rings. The van der Waals surface area contributed by atoms with Gasteiger partial charge in [-0.25, -0.2) is 0 Å². The molecule has 4 heteroatoms. The lowest BCUT2D eigenvalue weighted by molar-refractivity contribution is -0.131. The summed E-state index contributed by atoms with van der Waals surface area (Å²) in [6.07, 6.45) is 1.95. The fraction of sp³-hybridized carbons (Fsp3) is 0.900. The van der Waals surface area contributed by atoms with Crippen LogP contribution in [0.15, 0.2) is 0 Å². The molecule has 14 heavy (non-hydrogen) atoms. The number of hydrogen-bond donors (Lipinski definition) is 1. The van der Waals surface area contributed by atoms with E-state index in [-0.39, 0.29) is 11.9 Å². The molecule has 2 rings (SSSR count). The van der Waals surface area contributed by atoms with Gasteiger partial charge in [-0.15, -0.1) is 0 Å². The molecule has 1 N–H and O–H groups in total. The van der Waals surface area contributed by atoms with E-state index in [4.69, 9.17) is 4.74 Å². The van der Waals surface area contributed by atoms with Crippen LogP contribution in [0.25, 0.3) is 0 Å². The van der Waals surface area contributed by atoms with E-state index in [2.05, 4.69) is 5.32 Å². The smallest absolute Gasteiger partial charge is 0.240 e. The van der Waals surface area contributed by atoms with Crippen LogP contribution in [0.2, 0.25) is 0 Å². The largest absolute Gasteiger partial charge is 0.379 e. The van der Waals surface area contributed by atoms with Crippen molar-refractivity contribution in [1.29, 1.82) is 0 Å². The standard InChI is InChI=1S/C10H18N2O2/c1-2-11-9-3-5-12(10(9)13)8-4-6-14-7-8/h8-9,11H,2-7H2,1H3. The predicted octanol–water partition coefficient (Wildman–Crippen LogP) is -0.0143. The van der Waals surface area contributed by atoms with Gasteiger partial charge in [0.25, 0.3) is 0 Å². The Morgan fingerprint density at radius 1 is 1.57 bits per heavy atom. The van der Waals surface area contributed by atoms with Gasteiger partial charge in [0, 0.05) is 13.2 Å². The number of amides is 1. The number of nitrogens with zero attached hydrogens (tertiary/aromatic N) is 1. The third kappa shape index (κ3) is 1.77. The zero-order valence-electron chi connectivity index (χ0n) is 8.66. The van der Waals surface area contributed by atoms with Gasteiger partial charge >= 0.3 is 0 Å². The third-order valence-electron chi connectivity index (χ3n) is 3.04. The summed E-state index contributed by atoms with van der Waals surface area (Å²) < 4.78 is 5.30. The quantitative estimate of drug-likeness (QED) is 0.693. The minimum absolute atomic E-state index is 0.0561. The molecule has 0 saturated carbocycles. The molecular formula is C10H18N2O2. The average Bonchev–Trinajstić information content (AvgIpc) is 2.77. The Balaban J connectivity index is 1.92. The van der Waals surface area contributed by atoms with Crippen LogP contribution in [0.1, 0.15) is 19.8 Å². The topological polar surface area (TPSA) is 41.6 Å². The van der Waals surface area contributed by atoms with Gasteiger partial charge < -0.3 is 15.0 Å². The molecule has 0 aromatic carbocycles. The summed E-state index contributed by atoms with van der Waals surface area (Å²) in [4.78, 5) is 13.9. The van der Waals surface area contributed by atoms with Crippen molar-refractivity contribution in [2.24, 2.45) is 0 Å². The molecule has 2 fully saturated rings. The van der Waals surface area contributed by atoms with Crippen molar-refractivity contribution in [2.45, 2.75) is 31.8 Å². The Labute approximate surface area is 84.6 Å². The molecule has 0 aromatic heterocycles. The SMILES string of the molecule is CCNC1CCN(C2CCOC2)C1=O. The average molecular weight is 198 g/mol. The van der Waals surface area contributed by atoms with Crippen LogP contribution in [0, 0.1) is 0 Å². The van der Waals surface area contributed by atoms with E-state index in [0.29, 0.717) is 6.04 Å². The van der Waals surface area contributed by atoms with Crippen LogP contribution < -0.4 is 5.32 Å². The Bertz CT molecular complexity index is 214. The fourth-order valence-electron chi connectivity index (χ4n) is 2.27. The number of hydrogen-bond acceptors (Lipinski definition) is 3. The maximum Gasteiger partial charge on any atom is 0.240 e. The van der Waals surface area contributed by atoms with Crippen LogP contribution in [0.4, 0.5) is 0 Å². The van der Waals surface area contributed by atoms with Gasteiger partial charge in [-0.3, -0.25) is 4.79 Å². The third-order valence-corrected chi connectivity index (χ3v) is 3.04. The minimum atomic E-state index is 0.0561. The molecule has 80 valence electrons. The summed E-state index contributed by atoms with van der Waals surface area (Å²) in [6, 6.07) is 0.395. The second-order valence-electron chi connectivity index (χ2n) is 3.95. The molecule has 2 saturated heterocycles. The van der Waals surface area contributed by atoms with Gasteiger partial charge in [0.1, 0.15) is 0 Å². The van der Waals surface area contributed by atoms with E-state index < -0.39 is 0 Å². The van der Waals surface area contributed by atoms with Gasteiger partial charge in [0.2, 0.25) is 5.91 Å². The number of nitrogens with one attached hydrogen (secondary N) is 1. The molecule has 2 atom stereocenters. The first-order valence-corrected chi connectivity index (χ1v) is 5.44. The lowest BCUT2D eigenvalue weighted by Gasteiger charge is -2.22. The van der Waals surface area contributed by atoms with Crippen LogP contribution in [-0.4, -0.2) is 49.2 Å². The maximum absolute atomic E-state index is 11.9. The van der Waals surface area contributed by atoms with Crippen molar-refractivity contribution in [1.82, 2.24) is 10.2 Å². The zero-order valence-corrected chi connectivity index (χ0v) is 8.66. The summed E-state index contributed by atoms with van der Waals surface area (Å²) in [7, 11) is 0. The van der Waals surface area contributed by atoms with Gasteiger partial charge in [-0.1, -0.05) is 6.92 Å². The fourth-order valence-corrected chi connectivity index (χ4v) is 2.27.